The highest BCUT2D eigenvalue weighted by Crippen LogP contribution is 2.28. The van der Waals surface area contributed by atoms with Crippen LogP contribution in [-0.2, 0) is 11.8 Å². The molecule has 0 amide bonds. The molecule has 36 heavy (non-hydrogen) atoms. The van der Waals surface area contributed by atoms with Gasteiger partial charge in [-0.3, -0.25) is 0 Å². The lowest BCUT2D eigenvalue weighted by Crippen LogP contribution is -2.17. The fourth-order valence-corrected chi connectivity index (χ4v) is 2.72. The number of ether oxygens (including phenoxy) is 2. The van der Waals surface area contributed by atoms with Gasteiger partial charge < -0.3 is 18.5 Å². The highest BCUT2D eigenvalue weighted by molar-refractivity contribution is 6.16. The fraction of sp³-hybridized carbons (Fsp3) is 0.200. The van der Waals surface area contributed by atoms with Crippen LogP contribution in [0.1, 0.15) is 11.6 Å². The quantitative estimate of drug-likeness (QED) is 0.190. The Morgan fingerprint density at radius 2 is 1.06 bits per heavy atom. The summed E-state index contributed by atoms with van der Waals surface area (Å²) in [5, 5.41) is 7.07. The smallest absolute Gasteiger partial charge is 0.406 e. The molecule has 0 fully saturated rings. The van der Waals surface area contributed by atoms with Gasteiger partial charge in [-0.15, -0.1) is 49.5 Å². The molecule has 0 aliphatic rings. The highest BCUT2D eigenvalue weighted by atomic mass is 35.5. The molecule has 16 heteroatoms. The van der Waals surface area contributed by atoms with Crippen LogP contribution in [0.25, 0.3) is 22.9 Å². The second-order valence-electron chi connectivity index (χ2n) is 6.45. The lowest BCUT2D eigenvalue weighted by atomic mass is 10.2. The van der Waals surface area contributed by atoms with Crippen molar-refractivity contribution >= 4 is 23.2 Å². The lowest BCUT2D eigenvalue weighted by Gasteiger charge is -2.08. The monoisotopic (exact) mass is 556 g/mol. The molecule has 0 radical (unpaired) electrons. The first-order valence-corrected chi connectivity index (χ1v) is 10.5. The minimum atomic E-state index is -4.74. The van der Waals surface area contributed by atoms with Crippen molar-refractivity contribution in [3.8, 4) is 34.4 Å². The summed E-state index contributed by atoms with van der Waals surface area (Å²) < 4.78 is 89.5. The summed E-state index contributed by atoms with van der Waals surface area (Å²) in [6.45, 7) is 0. The van der Waals surface area contributed by atoms with Gasteiger partial charge in [-0.05, 0) is 36.4 Å². The van der Waals surface area contributed by atoms with Gasteiger partial charge in [-0.2, -0.15) is 9.97 Å². The van der Waals surface area contributed by atoms with Gasteiger partial charge in [-0.1, -0.05) is 22.4 Å². The summed E-state index contributed by atoms with van der Waals surface area (Å²) in [5.74, 6) is 0.0835. The molecule has 0 spiro atoms. The molecule has 2 heterocycles. The van der Waals surface area contributed by atoms with E-state index in [9.17, 15) is 26.3 Å². The zero-order chi connectivity index (χ0) is 26.3. The van der Waals surface area contributed by atoms with Crippen molar-refractivity contribution in [1.82, 2.24) is 20.3 Å². The molecule has 0 aliphatic heterocycles. The van der Waals surface area contributed by atoms with Crippen LogP contribution in [0.3, 0.4) is 0 Å². The Morgan fingerprint density at radius 3 is 1.36 bits per heavy atom. The van der Waals surface area contributed by atoms with Crippen molar-refractivity contribution in [3.05, 3.63) is 60.2 Å². The molecule has 4 aromatic rings. The zero-order valence-corrected chi connectivity index (χ0v) is 19.0. The maximum absolute atomic E-state index is 12.0. The summed E-state index contributed by atoms with van der Waals surface area (Å²) in [7, 11) is 0. The minimum absolute atomic E-state index is 0.0578. The minimum Gasteiger partial charge on any atom is -0.406 e. The third-order valence-electron chi connectivity index (χ3n) is 3.80. The Balaban J connectivity index is 0.000000201. The number of alkyl halides is 8. The van der Waals surface area contributed by atoms with Gasteiger partial charge in [-0.25, -0.2) is 0 Å². The molecule has 2 aromatic carbocycles. The van der Waals surface area contributed by atoms with Gasteiger partial charge in [0, 0.05) is 11.1 Å². The fourth-order valence-electron chi connectivity index (χ4n) is 2.50. The largest absolute Gasteiger partial charge is 0.573 e. The summed E-state index contributed by atoms with van der Waals surface area (Å²) in [6.07, 6.45) is -9.48. The number of rotatable bonds is 6. The van der Waals surface area contributed by atoms with Crippen LogP contribution in [0.15, 0.2) is 57.6 Å². The number of hydrogen-bond donors (Lipinski definition) is 0. The van der Waals surface area contributed by atoms with Crippen molar-refractivity contribution in [2.24, 2.45) is 0 Å². The van der Waals surface area contributed by atoms with E-state index in [2.05, 4.69) is 29.8 Å². The average Bonchev–Trinajstić information content (AvgIpc) is 3.47. The van der Waals surface area contributed by atoms with E-state index in [1.54, 1.807) is 0 Å². The first-order valence-electron chi connectivity index (χ1n) is 9.45. The highest BCUT2D eigenvalue weighted by Gasteiger charge is 2.32. The number of aromatic nitrogens is 4. The van der Waals surface area contributed by atoms with Gasteiger partial charge in [0.2, 0.25) is 0 Å². The van der Waals surface area contributed by atoms with Crippen LogP contribution in [-0.4, -0.2) is 33.0 Å². The predicted octanol–water partition coefficient (Wildman–Crippen LogP) is 6.75. The van der Waals surface area contributed by atoms with E-state index < -0.39 is 12.7 Å². The molecule has 0 unspecified atom stereocenters. The van der Waals surface area contributed by atoms with Crippen molar-refractivity contribution < 1.29 is 44.9 Å². The molecule has 8 nitrogen and oxygen atoms in total. The molecular weight excluding hydrogens is 545 g/mol. The molecule has 0 saturated heterocycles. The molecule has 0 saturated carbocycles. The zero-order valence-electron chi connectivity index (χ0n) is 17.5. The van der Waals surface area contributed by atoms with Crippen LogP contribution in [0, 0.1) is 0 Å². The van der Waals surface area contributed by atoms with Crippen molar-refractivity contribution in [3.63, 3.8) is 0 Å². The van der Waals surface area contributed by atoms with Crippen molar-refractivity contribution in [2.75, 3.05) is 0 Å². The molecule has 0 N–H and O–H groups in total. The molecule has 2 aromatic heterocycles. The van der Waals surface area contributed by atoms with E-state index in [0.29, 0.717) is 11.1 Å². The lowest BCUT2D eigenvalue weighted by molar-refractivity contribution is -0.275. The summed E-state index contributed by atoms with van der Waals surface area (Å²) in [5.41, 5.74) is 0.640. The van der Waals surface area contributed by atoms with E-state index in [1.165, 1.54) is 36.4 Å². The standard InChI is InChI=1S/2C10H6ClF3N2O2/c2*11-5-8-15-9(18-16-8)6-2-1-3-7(4-6)17-10(12,13)14/h2*1-4H,5H2. The Hall–Kier alpha value is -3.52. The molecule has 0 bridgehead atoms. The third kappa shape index (κ3) is 8.30. The Labute approximate surface area is 207 Å². The van der Waals surface area contributed by atoms with Crippen LogP contribution >= 0.6 is 23.2 Å². The predicted molar refractivity (Wildman–Crippen MR) is 112 cm³/mol. The second kappa shape index (κ2) is 11.5. The number of halogens is 8. The molecule has 0 atom stereocenters. The normalized spacial score (nSPS) is 11.6. The average molecular weight is 557 g/mol. The van der Waals surface area contributed by atoms with Gasteiger partial charge in [0.25, 0.3) is 11.8 Å². The summed E-state index contributed by atoms with van der Waals surface area (Å²) in [6, 6.07) is 10.5. The van der Waals surface area contributed by atoms with E-state index in [1.807, 2.05) is 0 Å². The van der Waals surface area contributed by atoms with Gasteiger partial charge >= 0.3 is 12.7 Å². The first-order chi connectivity index (χ1) is 17.0. The summed E-state index contributed by atoms with van der Waals surface area (Å²) in [4.78, 5) is 7.78. The van der Waals surface area contributed by atoms with Crippen molar-refractivity contribution in [1.29, 1.82) is 0 Å². The third-order valence-corrected chi connectivity index (χ3v) is 4.28. The molecular formula is C20H12Cl2F6N4O4. The van der Waals surface area contributed by atoms with E-state index in [-0.39, 0.29) is 46.7 Å². The van der Waals surface area contributed by atoms with Gasteiger partial charge in [0.1, 0.15) is 11.5 Å². The van der Waals surface area contributed by atoms with E-state index >= 15 is 0 Å². The molecule has 0 aliphatic carbocycles. The van der Waals surface area contributed by atoms with Crippen LogP contribution in [0.5, 0.6) is 11.5 Å². The molecule has 192 valence electrons. The van der Waals surface area contributed by atoms with Gasteiger partial charge in [0.15, 0.2) is 11.6 Å². The number of nitrogens with zero attached hydrogens (tertiary/aromatic N) is 4. The van der Waals surface area contributed by atoms with Crippen LogP contribution < -0.4 is 9.47 Å². The maximum Gasteiger partial charge on any atom is 0.573 e. The Kier molecular flexibility index (Phi) is 8.63. The van der Waals surface area contributed by atoms with Crippen molar-refractivity contribution in [2.45, 2.75) is 24.5 Å². The topological polar surface area (TPSA) is 96.3 Å². The Bertz CT molecular complexity index is 1180. The second-order valence-corrected chi connectivity index (χ2v) is 6.98. The number of benzene rings is 2. The number of hydrogen-bond acceptors (Lipinski definition) is 8. The first kappa shape index (κ1) is 27.1. The Morgan fingerprint density at radius 1 is 0.667 bits per heavy atom. The maximum atomic E-state index is 12.0. The SMILES string of the molecule is FC(F)(F)Oc1cccc(-c2nc(CCl)no2)c1.FC(F)(F)Oc1cccc(-c2nc(CCl)no2)c1. The van der Waals surface area contributed by atoms with Crippen LogP contribution in [0.2, 0.25) is 0 Å². The van der Waals surface area contributed by atoms with E-state index in [4.69, 9.17) is 32.2 Å². The van der Waals surface area contributed by atoms with Gasteiger partial charge in [0.05, 0.1) is 11.8 Å². The summed E-state index contributed by atoms with van der Waals surface area (Å²) >= 11 is 11.0. The van der Waals surface area contributed by atoms with E-state index in [0.717, 1.165) is 12.1 Å². The molecule has 4 rings (SSSR count). The van der Waals surface area contributed by atoms with Crippen LogP contribution in [0.4, 0.5) is 26.3 Å².